The Hall–Kier alpha value is -8.40. The van der Waals surface area contributed by atoms with Crippen LogP contribution in [0.4, 0.5) is 0 Å². The molecule has 0 aromatic heterocycles. The molecule has 8 atom stereocenters. The Morgan fingerprint density at radius 3 is 1.00 bits per heavy atom. The lowest BCUT2D eigenvalue weighted by atomic mass is 9.86. The Morgan fingerprint density at radius 2 is 0.629 bits per heavy atom. The molecule has 12 aliphatic rings. The van der Waals surface area contributed by atoms with Gasteiger partial charge in [-0.1, -0.05) is 102 Å². The van der Waals surface area contributed by atoms with Gasteiger partial charge < -0.3 is 85.6 Å². The first-order valence-electron chi connectivity index (χ1n) is 37.5. The molecule has 0 amide bonds. The minimum atomic E-state index is 0.00501. The lowest BCUT2D eigenvalue weighted by Crippen LogP contribution is -2.14. The number of epoxide rings is 8. The number of methoxy groups -OCH3 is 1. The number of rotatable bonds is 26. The van der Waals surface area contributed by atoms with Crippen molar-refractivity contribution in [2.75, 3.05) is 113 Å². The van der Waals surface area contributed by atoms with E-state index in [0.29, 0.717) is 59.3 Å². The van der Waals surface area contributed by atoms with Gasteiger partial charge in [-0.05, 0) is 114 Å². The molecule has 8 aromatic carbocycles. The molecule has 8 aliphatic heterocycles. The van der Waals surface area contributed by atoms with Gasteiger partial charge in [-0.25, -0.2) is 0 Å². The monoisotopic (exact) mass is 1430 g/mol. The average Bonchev–Trinajstić information content (AvgIpc) is 1.56. The average molecular weight is 1430 g/mol. The lowest BCUT2D eigenvalue weighted by molar-refractivity contribution is 0.252. The summed E-state index contributed by atoms with van der Waals surface area (Å²) in [6.07, 6.45) is 19.7. The molecule has 8 unspecified atom stereocenters. The van der Waals surface area contributed by atoms with Crippen molar-refractivity contribution >= 4 is 43.1 Å². The number of hydrogen-bond acceptors (Lipinski definition) is 18. The fraction of sp³-hybridized carbons (Fsp3) is 0.448. The molecule has 4 aliphatic carbocycles. The Kier molecular flexibility index (Phi) is 20.2. The van der Waals surface area contributed by atoms with Crippen LogP contribution in [-0.4, -0.2) is 167 Å². The number of hydrogen-bond donors (Lipinski definition) is 1. The van der Waals surface area contributed by atoms with Crippen molar-refractivity contribution < 1.29 is 85.6 Å². The summed E-state index contributed by atoms with van der Waals surface area (Å²) in [4.78, 5) is 0. The van der Waals surface area contributed by atoms with E-state index in [1.807, 2.05) is 24.3 Å². The van der Waals surface area contributed by atoms with Crippen molar-refractivity contribution in [2.45, 2.75) is 141 Å². The maximum atomic E-state index is 9.71. The Bertz CT molecular complexity index is 4750. The van der Waals surface area contributed by atoms with Crippen LogP contribution in [0.2, 0.25) is 0 Å². The molecule has 8 aromatic rings. The zero-order chi connectivity index (χ0) is 71.2. The van der Waals surface area contributed by atoms with Gasteiger partial charge in [-0.3, -0.25) is 0 Å². The SMILES string of the molecule is CC1=CCc2c(c(OCC3CO3)c3c(C)cc(C)cc3c2OCC2CO2)C1.CC1=CCc2c(c(OCC3CO3)c3ccccc3c2OCC2CO2)C1.COC1=CCc2c(c(OCC3CO3)c3ccccc3c2OCC2CO2)C1.Cc1cc(CO)cc2c(OCC3CO3)c3c(c(OCC4CO4)c12)CC=CC3. The van der Waals surface area contributed by atoms with Crippen LogP contribution in [0.25, 0.3) is 43.1 Å². The molecule has 18 nitrogen and oxygen atoms in total. The van der Waals surface area contributed by atoms with E-state index in [2.05, 4.69) is 114 Å². The summed E-state index contributed by atoms with van der Waals surface area (Å²) in [6, 6.07) is 25.2. The zero-order valence-corrected chi connectivity index (χ0v) is 61.0. The first kappa shape index (κ1) is 69.6. The second kappa shape index (κ2) is 30.5. The molecule has 0 bridgehead atoms. The van der Waals surface area contributed by atoms with Crippen LogP contribution in [0.5, 0.6) is 46.0 Å². The highest BCUT2D eigenvalue weighted by Gasteiger charge is 2.36. The van der Waals surface area contributed by atoms with Gasteiger partial charge >= 0.3 is 0 Å². The predicted octanol–water partition coefficient (Wildman–Crippen LogP) is 13.4. The largest absolute Gasteiger partial charge is 0.501 e. The van der Waals surface area contributed by atoms with Crippen molar-refractivity contribution in [1.29, 1.82) is 0 Å². The van der Waals surface area contributed by atoms with E-state index in [-0.39, 0.29) is 55.4 Å². The van der Waals surface area contributed by atoms with E-state index >= 15 is 0 Å². The van der Waals surface area contributed by atoms with Gasteiger partial charge in [-0.15, -0.1) is 0 Å². The number of allylic oxidation sites excluding steroid dienone is 8. The minimum Gasteiger partial charge on any atom is -0.501 e. The Labute approximate surface area is 612 Å². The Balaban J connectivity index is 0.000000103. The molecule has 1 N–H and O–H groups in total. The van der Waals surface area contributed by atoms with Gasteiger partial charge in [-0.2, -0.15) is 0 Å². The number of aliphatic hydroxyl groups excluding tert-OH is 1. The molecule has 550 valence electrons. The molecule has 0 radical (unpaired) electrons. The first-order chi connectivity index (χ1) is 51.5. The van der Waals surface area contributed by atoms with Gasteiger partial charge in [0.1, 0.15) is 148 Å². The molecule has 18 heteroatoms. The molecule has 105 heavy (non-hydrogen) atoms. The number of ether oxygens (including phenoxy) is 17. The standard InChI is InChI=1S/C23H26O4.C22H24O5.C21H22O5.C21H22O4/c1-13-4-5-18-19(7-13)23(27-12-17-10-25-17)21-15(3)6-14(2)8-20(21)22(18)26-11-16-9-24-16;1-13-6-14(8-23)7-19-20(13)22(27-12-16-10-25-16)18-5-3-2-4-17(18)21(19)26-11-15-9-24-15;1-22-13-6-7-18-19(8-13)21(26-12-15-10-24-15)17-5-3-2-4-16(17)20(18)25-11-14-9-23-14;1-13-6-7-18-19(8-13)21(25-12-15-10-23-15)17-5-3-2-4-16(17)20(18)24-11-14-9-22-14/h4,6,8,16-17H,5,7,9-12H2,1-3H3;2-3,6-7,15-16,23H,4-5,8-12H2,1H3;2-6,14-15H,7-12H2,1H3;2-6,14-15H,7-12H2,1H3. The van der Waals surface area contributed by atoms with Gasteiger partial charge in [0.2, 0.25) is 0 Å². The topological polar surface area (TPSA) is 204 Å². The van der Waals surface area contributed by atoms with Crippen LogP contribution in [0.15, 0.2) is 120 Å². The summed E-state index contributed by atoms with van der Waals surface area (Å²) in [5, 5.41) is 18.6. The summed E-state index contributed by atoms with van der Waals surface area (Å²) in [6.45, 7) is 21.9. The molecule has 0 spiro atoms. The van der Waals surface area contributed by atoms with Crippen molar-refractivity contribution in [3.05, 3.63) is 187 Å². The highest BCUT2D eigenvalue weighted by molar-refractivity contribution is 6.01. The zero-order valence-electron chi connectivity index (χ0n) is 61.0. The molecule has 8 saturated heterocycles. The Morgan fingerprint density at radius 1 is 0.333 bits per heavy atom. The van der Waals surface area contributed by atoms with E-state index in [9.17, 15) is 5.11 Å². The van der Waals surface area contributed by atoms with E-state index in [1.54, 1.807) is 7.11 Å². The van der Waals surface area contributed by atoms with Crippen molar-refractivity contribution in [2.24, 2.45) is 0 Å². The van der Waals surface area contributed by atoms with Gasteiger partial charge in [0.05, 0.1) is 72.3 Å². The molecule has 8 heterocycles. The fourth-order valence-electron chi connectivity index (χ4n) is 15.0. The number of fused-ring (bicyclic) bond motifs is 8. The van der Waals surface area contributed by atoms with Crippen LogP contribution in [-0.2, 0) is 101 Å². The molecule has 0 saturated carbocycles. The van der Waals surface area contributed by atoms with E-state index in [4.69, 9.17) is 80.5 Å². The van der Waals surface area contributed by atoms with Crippen LogP contribution in [0, 0.1) is 20.8 Å². The van der Waals surface area contributed by atoms with Gasteiger partial charge in [0.15, 0.2) is 0 Å². The molecule has 20 rings (SSSR count). The highest BCUT2D eigenvalue weighted by atomic mass is 16.6. The lowest BCUT2D eigenvalue weighted by Gasteiger charge is -2.26. The first-order valence-corrected chi connectivity index (χ1v) is 37.5. The van der Waals surface area contributed by atoms with Crippen LogP contribution in [0.3, 0.4) is 0 Å². The quantitative estimate of drug-likeness (QED) is 0.0395. The maximum absolute atomic E-state index is 9.71. The van der Waals surface area contributed by atoms with Gasteiger partial charge in [0, 0.05) is 94.0 Å². The second-order valence-corrected chi connectivity index (χ2v) is 29.7. The number of benzene rings is 8. The third-order valence-electron chi connectivity index (χ3n) is 21.2. The predicted molar refractivity (Wildman–Crippen MR) is 399 cm³/mol. The van der Waals surface area contributed by atoms with Crippen molar-refractivity contribution in [3.8, 4) is 46.0 Å². The van der Waals surface area contributed by atoms with Crippen LogP contribution >= 0.6 is 0 Å². The third kappa shape index (κ3) is 16.2. The van der Waals surface area contributed by atoms with Crippen LogP contribution < -0.4 is 37.9 Å². The summed E-state index contributed by atoms with van der Waals surface area (Å²) in [5.41, 5.74) is 17.0. The number of aliphatic hydroxyl groups is 1. The van der Waals surface area contributed by atoms with Crippen molar-refractivity contribution in [1.82, 2.24) is 0 Å². The van der Waals surface area contributed by atoms with Gasteiger partial charge in [0.25, 0.3) is 0 Å². The number of aryl methyl sites for hydroxylation is 3. The second-order valence-electron chi connectivity index (χ2n) is 29.7. The smallest absolute Gasteiger partial charge is 0.131 e. The molecule has 8 fully saturated rings. The summed E-state index contributed by atoms with van der Waals surface area (Å²) in [5.74, 6) is 8.75. The minimum absolute atomic E-state index is 0.00501. The summed E-state index contributed by atoms with van der Waals surface area (Å²) < 4.78 is 98.5. The normalized spacial score (nSPS) is 23.1. The van der Waals surface area contributed by atoms with E-state index in [0.717, 1.165) is 204 Å². The summed E-state index contributed by atoms with van der Waals surface area (Å²) in [7, 11) is 1.72. The molecular formula is C87H94O18. The van der Waals surface area contributed by atoms with E-state index < -0.39 is 0 Å². The van der Waals surface area contributed by atoms with Crippen molar-refractivity contribution in [3.63, 3.8) is 0 Å². The fourth-order valence-corrected chi connectivity index (χ4v) is 15.0. The highest BCUT2D eigenvalue weighted by Crippen LogP contribution is 2.50. The summed E-state index contributed by atoms with van der Waals surface area (Å²) >= 11 is 0. The van der Waals surface area contributed by atoms with E-state index in [1.165, 1.54) is 66.6 Å². The maximum Gasteiger partial charge on any atom is 0.131 e. The van der Waals surface area contributed by atoms with Crippen LogP contribution in [0.1, 0.15) is 80.6 Å². The third-order valence-corrected chi connectivity index (χ3v) is 21.2. The molecular weight excluding hydrogens is 1330 g/mol.